The molecule has 0 aromatic carbocycles. The summed E-state index contributed by atoms with van der Waals surface area (Å²) in [5, 5.41) is 49.7. The summed E-state index contributed by atoms with van der Waals surface area (Å²) >= 11 is 0. The van der Waals surface area contributed by atoms with Gasteiger partial charge in [0, 0.05) is 13.5 Å². The van der Waals surface area contributed by atoms with Gasteiger partial charge in [0.05, 0.1) is 6.61 Å². The molecule has 0 bridgehead atoms. The number of ketones is 1. The molecule has 0 aromatic heterocycles. The first-order valence-electron chi connectivity index (χ1n) is 10.0. The van der Waals surface area contributed by atoms with Crippen LogP contribution in [0.15, 0.2) is 12.2 Å². The van der Waals surface area contributed by atoms with Crippen LogP contribution >= 0.6 is 0 Å². The first-order valence-corrected chi connectivity index (χ1v) is 10.0. The Morgan fingerprint density at radius 1 is 0.821 bits per heavy atom. The number of aliphatic hydroxyl groups excluding tert-OH is 5. The van der Waals surface area contributed by atoms with Crippen LogP contribution in [0.5, 0.6) is 0 Å². The molecule has 0 aliphatic heterocycles. The third kappa shape index (κ3) is 10.9. The van der Waals surface area contributed by atoms with E-state index in [9.17, 15) is 30.0 Å². The smallest absolute Gasteiger partial charge is 0.219 e. The Kier molecular flexibility index (Phi) is 14.9. The molecule has 164 valence electrons. The molecule has 0 saturated heterocycles. The van der Waals surface area contributed by atoms with Crippen molar-refractivity contribution in [1.29, 1.82) is 0 Å². The minimum Gasteiger partial charge on any atom is -0.394 e. The van der Waals surface area contributed by atoms with E-state index < -0.39 is 36.8 Å². The van der Waals surface area contributed by atoms with E-state index in [1.54, 1.807) is 7.05 Å². The molecule has 8 nitrogen and oxygen atoms in total. The Bertz CT molecular complexity index is 469. The lowest BCUT2D eigenvalue weighted by Crippen LogP contribution is -2.48. The van der Waals surface area contributed by atoms with Crippen molar-refractivity contribution in [3.05, 3.63) is 12.2 Å². The molecule has 4 unspecified atom stereocenters. The van der Waals surface area contributed by atoms with Gasteiger partial charge >= 0.3 is 0 Å². The van der Waals surface area contributed by atoms with Gasteiger partial charge in [-0.15, -0.1) is 0 Å². The van der Waals surface area contributed by atoms with Crippen molar-refractivity contribution >= 4 is 11.7 Å². The van der Waals surface area contributed by atoms with Gasteiger partial charge in [-0.1, -0.05) is 45.1 Å². The lowest BCUT2D eigenvalue weighted by molar-refractivity contribution is -0.143. The topological polar surface area (TPSA) is 147 Å². The second-order valence-electron chi connectivity index (χ2n) is 7.15. The third-order valence-corrected chi connectivity index (χ3v) is 4.78. The fourth-order valence-electron chi connectivity index (χ4n) is 2.82. The van der Waals surface area contributed by atoms with Gasteiger partial charge in [-0.25, -0.2) is 0 Å². The molecule has 28 heavy (non-hydrogen) atoms. The minimum atomic E-state index is -1.89. The van der Waals surface area contributed by atoms with Gasteiger partial charge in [-0.05, 0) is 24.8 Å². The van der Waals surface area contributed by atoms with Crippen molar-refractivity contribution in [2.45, 2.75) is 88.6 Å². The van der Waals surface area contributed by atoms with E-state index in [1.165, 1.54) is 0 Å². The highest BCUT2D eigenvalue weighted by Gasteiger charge is 2.34. The number of rotatable bonds is 17. The number of hydrogen-bond donors (Lipinski definition) is 6. The van der Waals surface area contributed by atoms with E-state index in [1.807, 2.05) is 0 Å². The molecule has 6 N–H and O–H groups in total. The molecule has 0 aliphatic rings. The van der Waals surface area contributed by atoms with Crippen molar-refractivity contribution in [2.75, 3.05) is 13.7 Å². The van der Waals surface area contributed by atoms with E-state index in [2.05, 4.69) is 11.9 Å². The number of carbonyl (C=O) groups excluding carboxylic acids is 2. The van der Waals surface area contributed by atoms with Gasteiger partial charge < -0.3 is 30.8 Å². The first kappa shape index (κ1) is 26.7. The van der Waals surface area contributed by atoms with Crippen LogP contribution in [-0.2, 0) is 9.59 Å². The fraction of sp³-hybridized carbons (Fsp3) is 0.800. The maximum absolute atomic E-state index is 12.0. The monoisotopic (exact) mass is 403 g/mol. The van der Waals surface area contributed by atoms with Crippen molar-refractivity contribution in [1.82, 2.24) is 5.32 Å². The summed E-state index contributed by atoms with van der Waals surface area (Å²) in [6, 6.07) is 0. The molecule has 0 radical (unpaired) electrons. The number of amides is 1. The van der Waals surface area contributed by atoms with Gasteiger partial charge in [0.1, 0.15) is 24.4 Å². The number of nitrogens with one attached hydrogen (secondary N) is 1. The van der Waals surface area contributed by atoms with Crippen LogP contribution in [-0.4, -0.2) is 75.3 Å². The molecule has 0 spiro atoms. The van der Waals surface area contributed by atoms with Crippen LogP contribution in [0, 0.1) is 0 Å². The van der Waals surface area contributed by atoms with Crippen LogP contribution in [0.1, 0.15) is 64.2 Å². The zero-order chi connectivity index (χ0) is 21.5. The summed E-state index contributed by atoms with van der Waals surface area (Å²) in [7, 11) is 1.64. The normalized spacial score (nSPS) is 15.5. The summed E-state index contributed by atoms with van der Waals surface area (Å²) in [5.41, 5.74) is 0.159. The molecule has 0 aromatic rings. The number of carbonyl (C=O) groups is 2. The zero-order valence-electron chi connectivity index (χ0n) is 16.8. The summed E-state index contributed by atoms with van der Waals surface area (Å²) in [6.45, 7) is 2.83. The lowest BCUT2D eigenvalue weighted by atomic mass is 9.94. The highest BCUT2D eigenvalue weighted by Crippen LogP contribution is 2.16. The van der Waals surface area contributed by atoms with Gasteiger partial charge in [0.25, 0.3) is 0 Å². The quantitative estimate of drug-likeness (QED) is 0.150. The van der Waals surface area contributed by atoms with Gasteiger partial charge in [0.15, 0.2) is 5.78 Å². The van der Waals surface area contributed by atoms with E-state index in [0.717, 1.165) is 51.4 Å². The van der Waals surface area contributed by atoms with Crippen molar-refractivity contribution < 1.29 is 35.1 Å². The second-order valence-corrected chi connectivity index (χ2v) is 7.15. The predicted octanol–water partition coefficient (Wildman–Crippen LogP) is 0.195. The number of hydrogen-bond acceptors (Lipinski definition) is 7. The minimum absolute atomic E-state index is 0.0755. The average Bonchev–Trinajstić information content (AvgIpc) is 2.71. The van der Waals surface area contributed by atoms with E-state index >= 15 is 0 Å². The van der Waals surface area contributed by atoms with Crippen molar-refractivity contribution in [2.24, 2.45) is 0 Å². The highest BCUT2D eigenvalue weighted by molar-refractivity contribution is 5.98. The molecule has 0 saturated carbocycles. The fourth-order valence-corrected chi connectivity index (χ4v) is 2.82. The third-order valence-electron chi connectivity index (χ3n) is 4.78. The Hall–Kier alpha value is -1.32. The van der Waals surface area contributed by atoms with Gasteiger partial charge in [-0.3, -0.25) is 9.59 Å². The van der Waals surface area contributed by atoms with E-state index in [0.29, 0.717) is 12.8 Å². The zero-order valence-corrected chi connectivity index (χ0v) is 16.8. The van der Waals surface area contributed by atoms with Crippen LogP contribution in [0.4, 0.5) is 0 Å². The molecular weight excluding hydrogens is 366 g/mol. The predicted molar refractivity (Wildman–Crippen MR) is 105 cm³/mol. The van der Waals surface area contributed by atoms with E-state index in [-0.39, 0.29) is 11.5 Å². The number of aliphatic hydroxyl groups is 5. The molecule has 8 heteroatoms. The molecule has 4 atom stereocenters. The van der Waals surface area contributed by atoms with Gasteiger partial charge in [-0.2, -0.15) is 0 Å². The standard InChI is InChI=1S/C20H37NO7/c1-14(17(25)19(27)20(28)18(26)15(23)13-22)11-9-7-5-3-4-6-8-10-12-16(24)21-2/h15,18-20,22-23,26-28H,1,3-13H2,2H3,(H,21,24). The van der Waals surface area contributed by atoms with Crippen LogP contribution in [0.25, 0.3) is 0 Å². The number of unbranched alkanes of at least 4 members (excludes halogenated alkanes) is 7. The van der Waals surface area contributed by atoms with Crippen molar-refractivity contribution in [3.8, 4) is 0 Å². The summed E-state index contributed by atoms with van der Waals surface area (Å²) in [4.78, 5) is 23.1. The van der Waals surface area contributed by atoms with Gasteiger partial charge in [0.2, 0.25) is 5.91 Å². The Morgan fingerprint density at radius 3 is 1.75 bits per heavy atom. The van der Waals surface area contributed by atoms with Crippen LogP contribution < -0.4 is 5.32 Å². The molecule has 0 fully saturated rings. The highest BCUT2D eigenvalue weighted by atomic mass is 16.4. The average molecular weight is 404 g/mol. The molecule has 0 heterocycles. The molecule has 1 amide bonds. The summed E-state index contributed by atoms with van der Waals surface area (Å²) < 4.78 is 0. The largest absolute Gasteiger partial charge is 0.394 e. The van der Waals surface area contributed by atoms with E-state index in [4.69, 9.17) is 5.11 Å². The number of Topliss-reactive ketones (excluding diaryl/α,β-unsaturated/α-hetero) is 1. The van der Waals surface area contributed by atoms with Crippen LogP contribution in [0.3, 0.4) is 0 Å². The second kappa shape index (κ2) is 15.6. The maximum atomic E-state index is 12.0. The van der Waals surface area contributed by atoms with Crippen molar-refractivity contribution in [3.63, 3.8) is 0 Å². The maximum Gasteiger partial charge on any atom is 0.219 e. The Morgan fingerprint density at radius 2 is 1.29 bits per heavy atom. The SMILES string of the molecule is C=C(CCCCCCCCCCC(=O)NC)C(=O)C(O)C(O)C(O)C(O)CO. The van der Waals surface area contributed by atoms with Crippen LogP contribution in [0.2, 0.25) is 0 Å². The Balaban J connectivity index is 3.85. The first-order chi connectivity index (χ1) is 13.3. The Labute approximate surface area is 167 Å². The molecule has 0 rings (SSSR count). The summed E-state index contributed by atoms with van der Waals surface area (Å²) in [6.07, 6.45) is 1.57. The molecular formula is C20H37NO7. The summed E-state index contributed by atoms with van der Waals surface area (Å²) in [5.74, 6) is -0.695. The lowest BCUT2D eigenvalue weighted by Gasteiger charge is -2.25. The molecule has 0 aliphatic carbocycles.